The van der Waals surface area contributed by atoms with Gasteiger partial charge in [-0.25, -0.2) is 4.79 Å². The van der Waals surface area contributed by atoms with Gasteiger partial charge in [-0.15, -0.1) is 0 Å². The zero-order chi connectivity index (χ0) is 21.7. The van der Waals surface area contributed by atoms with E-state index in [0.717, 1.165) is 12.8 Å². The van der Waals surface area contributed by atoms with Crippen molar-refractivity contribution in [2.45, 2.75) is 64.1 Å². The molecule has 6 aliphatic rings. The van der Waals surface area contributed by atoms with Crippen LogP contribution in [0.3, 0.4) is 0 Å². The van der Waals surface area contributed by atoms with Crippen molar-refractivity contribution >= 4 is 17.7 Å². The van der Waals surface area contributed by atoms with Gasteiger partial charge in [0.15, 0.2) is 5.78 Å². The molecule has 30 heavy (non-hydrogen) atoms. The number of hydrogen-bond acceptors (Lipinski definition) is 5. The summed E-state index contributed by atoms with van der Waals surface area (Å²) in [5.74, 6) is -3.77. The molecule has 8 heteroatoms. The number of hydrogen-bond donors (Lipinski definition) is 0. The van der Waals surface area contributed by atoms with Crippen molar-refractivity contribution in [2.75, 3.05) is 6.61 Å². The van der Waals surface area contributed by atoms with Crippen molar-refractivity contribution < 1.29 is 37.0 Å². The van der Waals surface area contributed by atoms with Gasteiger partial charge < -0.3 is 9.47 Å². The van der Waals surface area contributed by atoms with Crippen LogP contribution in [0.5, 0.6) is 0 Å². The third-order valence-corrected chi connectivity index (χ3v) is 9.10. The van der Waals surface area contributed by atoms with Crippen molar-refractivity contribution in [1.82, 2.24) is 0 Å². The highest BCUT2D eigenvalue weighted by molar-refractivity contribution is 6.03. The molecule has 5 saturated carbocycles. The number of halogens is 3. The molecule has 0 aromatic carbocycles. The van der Waals surface area contributed by atoms with E-state index in [9.17, 15) is 27.6 Å². The number of carbonyl (C=O) groups is 3. The minimum absolute atomic E-state index is 0.0770. The molecule has 6 rings (SSSR count). The Morgan fingerprint density at radius 2 is 1.87 bits per heavy atom. The minimum Gasteiger partial charge on any atom is -0.465 e. The first-order valence-corrected chi connectivity index (χ1v) is 10.7. The average molecular weight is 426 g/mol. The quantitative estimate of drug-likeness (QED) is 0.472. The molecule has 1 spiro atoms. The van der Waals surface area contributed by atoms with Crippen LogP contribution >= 0.6 is 0 Å². The van der Waals surface area contributed by atoms with E-state index in [1.165, 1.54) is 0 Å². The maximum absolute atomic E-state index is 13.5. The van der Waals surface area contributed by atoms with E-state index in [0.29, 0.717) is 31.3 Å². The standard InChI is InChI=1S/C22H25F3O5/c1-11-12-4-7-21(16(11)26)14(8-12)20-6-3-5-19(2,10-29-17(20)27)13(20)9-15(21)30-18(28)22(23,24)25/h12-15H,1,3-10H2,2H3/t12-,13?,14?,15+,19-,20-,21+/m0/s1. The molecule has 0 aromatic heterocycles. The summed E-state index contributed by atoms with van der Waals surface area (Å²) in [5.41, 5.74) is -2.23. The number of carbonyl (C=O) groups excluding carboxylic acids is 3. The molecule has 1 heterocycles. The van der Waals surface area contributed by atoms with Gasteiger partial charge in [0.2, 0.25) is 0 Å². The Bertz CT molecular complexity index is 865. The highest BCUT2D eigenvalue weighted by Crippen LogP contribution is 2.73. The smallest absolute Gasteiger partial charge is 0.465 e. The number of ketones is 1. The molecule has 0 radical (unpaired) electrons. The Morgan fingerprint density at radius 3 is 2.57 bits per heavy atom. The van der Waals surface area contributed by atoms with E-state index < -0.39 is 40.4 Å². The molecule has 5 aliphatic carbocycles. The second-order valence-electron chi connectivity index (χ2n) is 10.2. The lowest BCUT2D eigenvalue weighted by atomic mass is 9.35. The Balaban J connectivity index is 1.67. The summed E-state index contributed by atoms with van der Waals surface area (Å²) in [4.78, 5) is 38.6. The predicted octanol–water partition coefficient (Wildman–Crippen LogP) is 3.76. The van der Waals surface area contributed by atoms with Crippen LogP contribution in [0, 0.1) is 34.0 Å². The summed E-state index contributed by atoms with van der Waals surface area (Å²) in [5, 5.41) is 0. The largest absolute Gasteiger partial charge is 0.490 e. The molecule has 6 fully saturated rings. The SMILES string of the molecule is C=C1C(=O)[C@]23CC[C@H]1CC2[C@@]12CCC[C@@](C)(COC1=O)C2C[C@H]3OC(=O)C(F)(F)F. The Hall–Kier alpha value is -1.86. The first kappa shape index (κ1) is 20.1. The highest BCUT2D eigenvalue weighted by Gasteiger charge is 2.76. The lowest BCUT2D eigenvalue weighted by molar-refractivity contribution is -0.265. The lowest BCUT2D eigenvalue weighted by Crippen LogP contribution is -2.73. The van der Waals surface area contributed by atoms with Crippen molar-refractivity contribution in [3.63, 3.8) is 0 Å². The number of ether oxygens (including phenoxy) is 2. The maximum atomic E-state index is 13.5. The van der Waals surface area contributed by atoms with Gasteiger partial charge >= 0.3 is 18.1 Å². The van der Waals surface area contributed by atoms with Gasteiger partial charge in [-0.05, 0) is 61.9 Å². The van der Waals surface area contributed by atoms with E-state index in [1.807, 2.05) is 6.92 Å². The molecule has 1 aliphatic heterocycles. The lowest BCUT2D eigenvalue weighted by Gasteiger charge is -2.69. The van der Waals surface area contributed by atoms with E-state index in [1.54, 1.807) is 0 Å². The number of alkyl halides is 3. The number of allylic oxidation sites excluding steroid dienone is 1. The number of fused-ring (bicyclic) bond motifs is 2. The van der Waals surface area contributed by atoms with Crippen LogP contribution in [0.2, 0.25) is 0 Å². The number of cyclic esters (lactones) is 1. The Morgan fingerprint density at radius 1 is 1.13 bits per heavy atom. The summed E-state index contributed by atoms with van der Waals surface area (Å²) >= 11 is 0. The molecule has 0 N–H and O–H groups in total. The van der Waals surface area contributed by atoms with Crippen molar-refractivity contribution in [3.8, 4) is 0 Å². The molecule has 0 aromatic rings. The molecule has 4 bridgehead atoms. The first-order chi connectivity index (χ1) is 14.0. The first-order valence-electron chi connectivity index (χ1n) is 10.7. The van der Waals surface area contributed by atoms with Crippen LogP contribution in [0.15, 0.2) is 12.2 Å². The van der Waals surface area contributed by atoms with E-state index >= 15 is 0 Å². The highest BCUT2D eigenvalue weighted by atomic mass is 19.4. The zero-order valence-corrected chi connectivity index (χ0v) is 16.8. The van der Waals surface area contributed by atoms with E-state index in [4.69, 9.17) is 9.47 Å². The predicted molar refractivity (Wildman–Crippen MR) is 96.8 cm³/mol. The van der Waals surface area contributed by atoms with Crippen molar-refractivity contribution in [2.24, 2.45) is 34.0 Å². The summed E-state index contributed by atoms with van der Waals surface area (Å²) in [6, 6.07) is 0. The van der Waals surface area contributed by atoms with Gasteiger partial charge in [-0.1, -0.05) is 19.9 Å². The Kier molecular flexibility index (Phi) is 3.94. The molecule has 2 unspecified atom stereocenters. The summed E-state index contributed by atoms with van der Waals surface area (Å²) in [6.07, 6.45) is -2.69. The van der Waals surface area contributed by atoms with Gasteiger partial charge in [-0.3, -0.25) is 9.59 Å². The molecule has 5 nitrogen and oxygen atoms in total. The van der Waals surface area contributed by atoms with Crippen molar-refractivity contribution in [1.29, 1.82) is 0 Å². The third-order valence-electron chi connectivity index (χ3n) is 9.10. The molecule has 1 saturated heterocycles. The van der Waals surface area contributed by atoms with E-state index in [-0.39, 0.29) is 36.6 Å². The molecule has 164 valence electrons. The van der Waals surface area contributed by atoms with Crippen molar-refractivity contribution in [3.05, 3.63) is 12.2 Å². The van der Waals surface area contributed by atoms with Crippen LogP contribution in [0.4, 0.5) is 13.2 Å². The number of rotatable bonds is 1. The second-order valence-corrected chi connectivity index (χ2v) is 10.2. The Labute approximate surface area is 172 Å². The minimum atomic E-state index is -5.14. The van der Waals surface area contributed by atoms with Crippen LogP contribution in [-0.2, 0) is 23.9 Å². The second kappa shape index (κ2) is 5.88. The average Bonchev–Trinajstić information content (AvgIpc) is 2.68. The fourth-order valence-electron chi connectivity index (χ4n) is 7.84. The number of esters is 2. The van der Waals surface area contributed by atoms with Gasteiger partial charge in [0.25, 0.3) is 0 Å². The topological polar surface area (TPSA) is 69.7 Å². The molecular weight excluding hydrogens is 401 g/mol. The van der Waals surface area contributed by atoms with Crippen LogP contribution in [0.1, 0.15) is 51.9 Å². The van der Waals surface area contributed by atoms with E-state index in [2.05, 4.69) is 6.58 Å². The maximum Gasteiger partial charge on any atom is 0.490 e. The van der Waals surface area contributed by atoms with Gasteiger partial charge in [0.1, 0.15) is 6.10 Å². The normalized spacial score (nSPS) is 47.3. The van der Waals surface area contributed by atoms with Gasteiger partial charge in [0, 0.05) is 5.41 Å². The summed E-state index contributed by atoms with van der Waals surface area (Å²) in [7, 11) is 0. The molecule has 7 atom stereocenters. The molecular formula is C22H25F3O5. The zero-order valence-electron chi connectivity index (χ0n) is 16.8. The van der Waals surface area contributed by atoms with Gasteiger partial charge in [-0.2, -0.15) is 13.2 Å². The fourth-order valence-corrected chi connectivity index (χ4v) is 7.84. The van der Waals surface area contributed by atoms with Crippen LogP contribution in [0.25, 0.3) is 0 Å². The molecule has 0 amide bonds. The fraction of sp³-hybridized carbons (Fsp3) is 0.773. The summed E-state index contributed by atoms with van der Waals surface area (Å²) in [6.45, 7) is 6.12. The number of Topliss-reactive ketones (excluding diaryl/α,β-unsaturated/α-hetero) is 1. The third kappa shape index (κ3) is 2.23. The summed E-state index contributed by atoms with van der Waals surface area (Å²) < 4.78 is 50.0. The van der Waals surface area contributed by atoms with Gasteiger partial charge in [0.05, 0.1) is 17.4 Å². The monoisotopic (exact) mass is 426 g/mol. The van der Waals surface area contributed by atoms with Crippen LogP contribution in [-0.4, -0.2) is 36.6 Å². The van der Waals surface area contributed by atoms with Crippen LogP contribution < -0.4 is 0 Å².